The average molecular weight is 621 g/mol. The normalized spacial score (nSPS) is 24.3. The third-order valence-electron chi connectivity index (χ3n) is 8.35. The minimum atomic E-state index is -0.754. The molecule has 0 saturated carbocycles. The van der Waals surface area contributed by atoms with Crippen LogP contribution in [0.15, 0.2) is 48.5 Å². The predicted molar refractivity (Wildman–Crippen MR) is 169 cm³/mol. The number of piperazine rings is 1. The Balaban J connectivity index is 1.36. The lowest BCUT2D eigenvalue weighted by atomic mass is 9.96. The number of carbonyl (C=O) groups excluding carboxylic acids is 4. The number of nitrogens with zero attached hydrogens (tertiary/aromatic N) is 2. The Hall–Kier alpha value is -4.16. The van der Waals surface area contributed by atoms with Crippen LogP contribution in [0, 0.1) is 0 Å². The number of hydrogen-bond acceptors (Lipinski definition) is 7. The zero-order valence-corrected chi connectivity index (χ0v) is 26.2. The number of rotatable bonds is 5. The second-order valence-electron chi connectivity index (χ2n) is 12.3. The van der Waals surface area contributed by atoms with E-state index in [1.54, 1.807) is 23.1 Å². The first-order valence-electron chi connectivity index (χ1n) is 15.8. The van der Waals surface area contributed by atoms with Gasteiger partial charge in [-0.05, 0) is 56.5 Å². The molecule has 2 fully saturated rings. The third-order valence-corrected chi connectivity index (χ3v) is 8.35. The van der Waals surface area contributed by atoms with E-state index in [4.69, 9.17) is 9.47 Å². The second kappa shape index (κ2) is 14.7. The van der Waals surface area contributed by atoms with Crippen LogP contribution in [-0.2, 0) is 20.9 Å². The van der Waals surface area contributed by atoms with Gasteiger partial charge in [0.05, 0.1) is 30.4 Å². The summed E-state index contributed by atoms with van der Waals surface area (Å²) in [5.74, 6) is -0.174. The molecule has 5 rings (SSSR count). The molecule has 0 unspecified atom stereocenters. The van der Waals surface area contributed by atoms with Gasteiger partial charge in [-0.1, -0.05) is 24.3 Å². The molecule has 0 aliphatic carbocycles. The molecule has 12 heteroatoms. The molecule has 0 radical (unpaired) electrons. The lowest BCUT2D eigenvalue weighted by Gasteiger charge is -2.42. The molecule has 3 aliphatic rings. The zero-order valence-electron chi connectivity index (χ0n) is 26.2. The molecule has 2 saturated heterocycles. The van der Waals surface area contributed by atoms with Gasteiger partial charge in [0.2, 0.25) is 11.8 Å². The highest BCUT2D eigenvalue weighted by Crippen LogP contribution is 2.27. The van der Waals surface area contributed by atoms with Crippen LogP contribution < -0.4 is 26.0 Å². The summed E-state index contributed by atoms with van der Waals surface area (Å²) in [6, 6.07) is 13.4. The summed E-state index contributed by atoms with van der Waals surface area (Å²) in [7, 11) is 0. The molecule has 45 heavy (non-hydrogen) atoms. The van der Waals surface area contributed by atoms with Crippen LogP contribution >= 0.6 is 0 Å². The fourth-order valence-electron chi connectivity index (χ4n) is 6.15. The second-order valence-corrected chi connectivity index (χ2v) is 12.3. The average Bonchev–Trinajstić information content (AvgIpc) is 3.00. The number of anilines is 1. The largest absolute Gasteiger partial charge is 0.493 e. The summed E-state index contributed by atoms with van der Waals surface area (Å²) in [6.07, 6.45) is 1.51. The van der Waals surface area contributed by atoms with Crippen LogP contribution in [0.2, 0.25) is 0 Å². The van der Waals surface area contributed by atoms with Crippen molar-refractivity contribution in [3.8, 4) is 5.75 Å². The molecule has 12 nitrogen and oxygen atoms in total. The van der Waals surface area contributed by atoms with Gasteiger partial charge in [0.25, 0.3) is 5.91 Å². The van der Waals surface area contributed by atoms with Gasteiger partial charge >= 0.3 is 6.03 Å². The smallest absolute Gasteiger partial charge is 0.315 e. The van der Waals surface area contributed by atoms with Crippen molar-refractivity contribution in [1.82, 2.24) is 25.8 Å². The van der Waals surface area contributed by atoms with Crippen molar-refractivity contribution in [2.45, 2.75) is 76.9 Å². The molecule has 4 N–H and O–H groups in total. The molecule has 3 aliphatic heterocycles. The number of nitrogens with one attached hydrogen (secondary N) is 4. The molecule has 2 aromatic rings. The molecule has 2 bridgehead atoms. The summed E-state index contributed by atoms with van der Waals surface area (Å²) in [5, 5.41) is 11.7. The van der Waals surface area contributed by atoms with Crippen molar-refractivity contribution in [1.29, 1.82) is 0 Å². The van der Waals surface area contributed by atoms with E-state index < -0.39 is 12.1 Å². The molecule has 242 valence electrons. The minimum Gasteiger partial charge on any atom is -0.493 e. The maximum Gasteiger partial charge on any atom is 0.315 e. The van der Waals surface area contributed by atoms with Crippen molar-refractivity contribution in [3.05, 3.63) is 59.7 Å². The monoisotopic (exact) mass is 620 g/mol. The van der Waals surface area contributed by atoms with Gasteiger partial charge in [0.1, 0.15) is 11.8 Å². The number of carbonyl (C=O) groups is 4. The first-order chi connectivity index (χ1) is 21.7. The molecule has 4 atom stereocenters. The lowest BCUT2D eigenvalue weighted by molar-refractivity contribution is -0.130. The van der Waals surface area contributed by atoms with Gasteiger partial charge in [-0.15, -0.1) is 0 Å². The third kappa shape index (κ3) is 8.52. The topological polar surface area (TPSA) is 141 Å². The van der Waals surface area contributed by atoms with Gasteiger partial charge in [-0.2, -0.15) is 0 Å². The molecule has 2 aromatic carbocycles. The minimum absolute atomic E-state index is 0.0149. The van der Waals surface area contributed by atoms with E-state index in [9.17, 15) is 19.2 Å². The van der Waals surface area contributed by atoms with E-state index in [2.05, 4.69) is 26.2 Å². The number of hydrogen-bond donors (Lipinski definition) is 4. The molecule has 5 amide bonds. The number of ether oxygens (including phenoxy) is 2. The SMILES string of the molecule is CC(=O)Nc1ccc(CN2CCN3C(=O)c4ccccc4OCC[C@@H]4CC[C@@H](NC(=O)NC(C)C)[C@@H](CNC(=O)[C@@H]3C2)O4)cc1. The van der Waals surface area contributed by atoms with Gasteiger partial charge in [-0.3, -0.25) is 19.3 Å². The quantitative estimate of drug-likeness (QED) is 0.403. The van der Waals surface area contributed by atoms with Crippen LogP contribution in [0.3, 0.4) is 0 Å². The maximum absolute atomic E-state index is 14.0. The van der Waals surface area contributed by atoms with Crippen LogP contribution in [0.25, 0.3) is 0 Å². The highest BCUT2D eigenvalue weighted by Gasteiger charge is 2.39. The summed E-state index contributed by atoms with van der Waals surface area (Å²) in [4.78, 5) is 55.6. The van der Waals surface area contributed by atoms with Crippen LogP contribution in [0.1, 0.15) is 56.0 Å². The number of fused-ring (bicyclic) bond motifs is 4. The molecular formula is C33H44N6O6. The van der Waals surface area contributed by atoms with E-state index in [1.807, 2.05) is 44.2 Å². The van der Waals surface area contributed by atoms with Gasteiger partial charge in [0.15, 0.2) is 0 Å². The van der Waals surface area contributed by atoms with Crippen molar-refractivity contribution < 1.29 is 28.7 Å². The Morgan fingerprint density at radius 2 is 1.80 bits per heavy atom. The summed E-state index contributed by atoms with van der Waals surface area (Å²) in [5.41, 5.74) is 2.17. The van der Waals surface area contributed by atoms with E-state index in [0.29, 0.717) is 56.9 Å². The molecular weight excluding hydrogens is 576 g/mol. The number of benzene rings is 2. The predicted octanol–water partition coefficient (Wildman–Crippen LogP) is 2.49. The van der Waals surface area contributed by atoms with Gasteiger partial charge in [-0.25, -0.2) is 4.79 Å². The number of amides is 5. The first kappa shape index (κ1) is 32.2. The number of para-hydroxylation sites is 1. The highest BCUT2D eigenvalue weighted by atomic mass is 16.5. The Morgan fingerprint density at radius 1 is 1.02 bits per heavy atom. The fraction of sp³-hybridized carbons (Fsp3) is 0.515. The Labute approximate surface area is 264 Å². The summed E-state index contributed by atoms with van der Waals surface area (Å²) < 4.78 is 12.5. The first-order valence-corrected chi connectivity index (χ1v) is 15.8. The zero-order chi connectivity index (χ0) is 31.9. The fourth-order valence-corrected chi connectivity index (χ4v) is 6.15. The summed E-state index contributed by atoms with van der Waals surface area (Å²) >= 11 is 0. The van der Waals surface area contributed by atoms with Crippen LogP contribution in [-0.4, -0.2) is 96.7 Å². The maximum atomic E-state index is 14.0. The van der Waals surface area contributed by atoms with E-state index >= 15 is 0 Å². The Kier molecular flexibility index (Phi) is 10.6. The summed E-state index contributed by atoms with van der Waals surface area (Å²) in [6.45, 7) is 7.68. The van der Waals surface area contributed by atoms with Crippen LogP contribution in [0.5, 0.6) is 5.75 Å². The van der Waals surface area contributed by atoms with Crippen LogP contribution in [0.4, 0.5) is 10.5 Å². The van der Waals surface area contributed by atoms with Crippen molar-refractivity contribution >= 4 is 29.4 Å². The molecule has 3 heterocycles. The Bertz CT molecular complexity index is 1370. The van der Waals surface area contributed by atoms with Crippen molar-refractivity contribution in [2.24, 2.45) is 0 Å². The molecule has 0 spiro atoms. The highest BCUT2D eigenvalue weighted by molar-refractivity contribution is 6.00. The van der Waals surface area contributed by atoms with E-state index in [0.717, 1.165) is 17.7 Å². The lowest BCUT2D eigenvalue weighted by Crippen LogP contribution is -2.62. The number of urea groups is 1. The van der Waals surface area contributed by atoms with Gasteiger partial charge in [0, 0.05) is 57.8 Å². The van der Waals surface area contributed by atoms with Crippen molar-refractivity contribution in [2.75, 3.05) is 38.1 Å². The van der Waals surface area contributed by atoms with Crippen molar-refractivity contribution in [3.63, 3.8) is 0 Å². The molecule has 0 aromatic heterocycles. The Morgan fingerprint density at radius 3 is 2.56 bits per heavy atom. The van der Waals surface area contributed by atoms with E-state index in [-0.39, 0.29) is 48.5 Å². The standard InChI is InChI=1S/C33H44N6O6/c1-21(2)35-33(43)37-27-13-12-25-14-17-44-29-7-5-4-6-26(29)32(42)39-16-15-38(20-28(39)31(41)34-18-30(27)45-25)19-23-8-10-24(11-9-23)36-22(3)40/h4-11,21,25,27-28,30H,12-20H2,1-3H3,(H,34,41)(H,36,40)(H2,35,37,43)/t25-,27+,28-,30+/m0/s1. The van der Waals surface area contributed by atoms with E-state index in [1.165, 1.54) is 6.92 Å². The van der Waals surface area contributed by atoms with Gasteiger partial charge < -0.3 is 35.6 Å².